The Morgan fingerprint density at radius 2 is 2.06 bits per heavy atom. The van der Waals surface area contributed by atoms with E-state index in [1.165, 1.54) is 7.11 Å². The fourth-order valence-corrected chi connectivity index (χ4v) is 1.07. The number of para-hydroxylation sites is 2. The summed E-state index contributed by atoms with van der Waals surface area (Å²) in [6.45, 7) is 0. The lowest BCUT2D eigenvalue weighted by molar-refractivity contribution is -0.141. The first-order valence-corrected chi connectivity index (χ1v) is 4.48. The third-order valence-electron chi connectivity index (χ3n) is 1.91. The van der Waals surface area contributed by atoms with Crippen molar-refractivity contribution in [2.24, 2.45) is 5.73 Å². The first-order chi connectivity index (χ1) is 7.56. The fraction of sp³-hybridized carbons (Fsp3) is 0.200. The third-order valence-corrected chi connectivity index (χ3v) is 1.91. The molecule has 0 aliphatic rings. The number of hydrogen-bond donors (Lipinski definition) is 3. The minimum Gasteiger partial charge on any atom is -0.495 e. The van der Waals surface area contributed by atoms with E-state index in [9.17, 15) is 9.59 Å². The van der Waals surface area contributed by atoms with E-state index in [0.29, 0.717) is 11.4 Å². The molecular weight excluding hydrogens is 212 g/mol. The van der Waals surface area contributed by atoms with E-state index < -0.39 is 17.9 Å². The minimum absolute atomic E-state index is 0.381. The van der Waals surface area contributed by atoms with Crippen LogP contribution in [0.2, 0.25) is 0 Å². The smallest absolute Gasteiger partial charge is 0.330 e. The molecule has 0 spiro atoms. The maximum atomic E-state index is 11.3. The van der Waals surface area contributed by atoms with Crippen molar-refractivity contribution in [1.29, 1.82) is 0 Å². The maximum Gasteiger partial charge on any atom is 0.330 e. The molecule has 1 rings (SSSR count). The van der Waals surface area contributed by atoms with Gasteiger partial charge >= 0.3 is 5.97 Å². The number of anilines is 1. The number of amides is 1. The summed E-state index contributed by atoms with van der Waals surface area (Å²) in [6.07, 6.45) is 0. The van der Waals surface area contributed by atoms with Gasteiger partial charge in [0.1, 0.15) is 5.75 Å². The van der Waals surface area contributed by atoms with Crippen LogP contribution >= 0.6 is 0 Å². The monoisotopic (exact) mass is 224 g/mol. The first kappa shape index (κ1) is 12.0. The Hall–Kier alpha value is -2.08. The zero-order valence-corrected chi connectivity index (χ0v) is 8.64. The Morgan fingerprint density at radius 3 is 2.62 bits per heavy atom. The number of rotatable bonds is 4. The second-order valence-electron chi connectivity index (χ2n) is 3.01. The molecular formula is C10H12N2O4. The lowest BCUT2D eigenvalue weighted by atomic mass is 10.2. The van der Waals surface area contributed by atoms with Crippen LogP contribution in [-0.4, -0.2) is 30.1 Å². The molecule has 1 aromatic rings. The van der Waals surface area contributed by atoms with Crippen molar-refractivity contribution in [1.82, 2.24) is 0 Å². The summed E-state index contributed by atoms with van der Waals surface area (Å²) < 4.78 is 4.98. The number of nitrogens with two attached hydrogens (primary N) is 1. The summed E-state index contributed by atoms with van der Waals surface area (Å²) in [5, 5.41) is 10.9. The quantitative estimate of drug-likeness (QED) is 0.627. The molecule has 16 heavy (non-hydrogen) atoms. The van der Waals surface area contributed by atoms with Gasteiger partial charge in [-0.25, -0.2) is 4.79 Å². The van der Waals surface area contributed by atoms with Crippen LogP contribution in [0.5, 0.6) is 5.75 Å². The second-order valence-corrected chi connectivity index (χ2v) is 3.01. The van der Waals surface area contributed by atoms with E-state index in [4.69, 9.17) is 15.6 Å². The van der Waals surface area contributed by atoms with Crippen molar-refractivity contribution >= 4 is 17.6 Å². The maximum absolute atomic E-state index is 11.3. The van der Waals surface area contributed by atoms with Gasteiger partial charge in [0.15, 0.2) is 6.04 Å². The Kier molecular flexibility index (Phi) is 3.84. The number of nitrogens with one attached hydrogen (secondary N) is 1. The molecule has 1 atom stereocenters. The van der Waals surface area contributed by atoms with Crippen LogP contribution in [0.15, 0.2) is 24.3 Å². The second kappa shape index (κ2) is 5.13. The molecule has 0 aliphatic heterocycles. The Balaban J connectivity index is 2.80. The van der Waals surface area contributed by atoms with Gasteiger partial charge in [-0.3, -0.25) is 4.79 Å². The summed E-state index contributed by atoms with van der Waals surface area (Å²) in [4.78, 5) is 21.8. The van der Waals surface area contributed by atoms with E-state index >= 15 is 0 Å². The van der Waals surface area contributed by atoms with E-state index in [1.807, 2.05) is 0 Å². The number of carbonyl (C=O) groups is 2. The van der Waals surface area contributed by atoms with Gasteiger partial charge in [0.2, 0.25) is 0 Å². The summed E-state index contributed by atoms with van der Waals surface area (Å²) in [5.41, 5.74) is 5.53. The number of ether oxygens (including phenoxy) is 1. The topological polar surface area (TPSA) is 102 Å². The van der Waals surface area contributed by atoms with E-state index in [1.54, 1.807) is 24.3 Å². The molecule has 1 aromatic carbocycles. The lowest BCUT2D eigenvalue weighted by Crippen LogP contribution is -2.42. The highest BCUT2D eigenvalue weighted by Crippen LogP contribution is 2.22. The number of carbonyl (C=O) groups excluding carboxylic acids is 1. The molecule has 0 saturated carbocycles. The van der Waals surface area contributed by atoms with Crippen LogP contribution in [0.1, 0.15) is 0 Å². The van der Waals surface area contributed by atoms with Crippen molar-refractivity contribution in [2.45, 2.75) is 6.04 Å². The van der Waals surface area contributed by atoms with Crippen molar-refractivity contribution in [3.8, 4) is 5.75 Å². The van der Waals surface area contributed by atoms with Crippen LogP contribution in [-0.2, 0) is 9.59 Å². The molecule has 0 aromatic heterocycles. The third kappa shape index (κ3) is 2.71. The Morgan fingerprint density at radius 1 is 1.44 bits per heavy atom. The van der Waals surface area contributed by atoms with Crippen molar-refractivity contribution < 1.29 is 19.4 Å². The van der Waals surface area contributed by atoms with E-state index in [0.717, 1.165) is 0 Å². The van der Waals surface area contributed by atoms with Crippen LogP contribution in [0.4, 0.5) is 5.69 Å². The summed E-state index contributed by atoms with van der Waals surface area (Å²) in [5.74, 6) is -1.74. The first-order valence-electron chi connectivity index (χ1n) is 4.48. The van der Waals surface area contributed by atoms with Gasteiger partial charge in [-0.1, -0.05) is 12.1 Å². The highest BCUT2D eigenvalue weighted by Gasteiger charge is 2.21. The molecule has 1 amide bonds. The number of aliphatic carboxylic acids is 1. The van der Waals surface area contributed by atoms with Crippen LogP contribution in [0.25, 0.3) is 0 Å². The minimum atomic E-state index is -1.59. The molecule has 0 aliphatic carbocycles. The van der Waals surface area contributed by atoms with Gasteiger partial charge in [0.25, 0.3) is 5.91 Å². The van der Waals surface area contributed by atoms with Crippen LogP contribution in [0.3, 0.4) is 0 Å². The molecule has 0 bridgehead atoms. The predicted molar refractivity (Wildman–Crippen MR) is 57.2 cm³/mol. The molecule has 0 saturated heterocycles. The Bertz CT molecular complexity index is 406. The number of carboxylic acid groups (broad SMARTS) is 1. The summed E-state index contributed by atoms with van der Waals surface area (Å²) in [6, 6.07) is 5.05. The number of hydrogen-bond acceptors (Lipinski definition) is 4. The zero-order valence-electron chi connectivity index (χ0n) is 8.64. The molecule has 0 heterocycles. The van der Waals surface area contributed by atoms with E-state index in [-0.39, 0.29) is 0 Å². The predicted octanol–water partition coefficient (Wildman–Crippen LogP) is 0.0456. The van der Waals surface area contributed by atoms with Crippen LogP contribution < -0.4 is 15.8 Å². The van der Waals surface area contributed by atoms with Gasteiger partial charge in [0.05, 0.1) is 12.8 Å². The van der Waals surface area contributed by atoms with Crippen LogP contribution in [0, 0.1) is 0 Å². The van der Waals surface area contributed by atoms with Gasteiger partial charge in [0, 0.05) is 0 Å². The fourth-order valence-electron chi connectivity index (χ4n) is 1.07. The zero-order chi connectivity index (χ0) is 12.1. The van der Waals surface area contributed by atoms with Crippen molar-refractivity contribution in [2.75, 3.05) is 12.4 Å². The highest BCUT2D eigenvalue weighted by atomic mass is 16.5. The molecule has 6 heteroatoms. The van der Waals surface area contributed by atoms with Crippen molar-refractivity contribution in [3.05, 3.63) is 24.3 Å². The largest absolute Gasteiger partial charge is 0.495 e. The molecule has 4 N–H and O–H groups in total. The average Bonchev–Trinajstić information content (AvgIpc) is 2.28. The number of carboxylic acids is 1. The van der Waals surface area contributed by atoms with E-state index in [2.05, 4.69) is 5.32 Å². The van der Waals surface area contributed by atoms with Gasteiger partial charge in [-0.05, 0) is 12.1 Å². The number of methoxy groups -OCH3 is 1. The standard InChI is InChI=1S/C10H12N2O4/c1-16-7-5-3-2-4-6(7)12-9(13)8(11)10(14)15/h2-5,8H,11H2,1H3,(H,12,13)(H,14,15). The molecule has 86 valence electrons. The normalized spacial score (nSPS) is 11.6. The summed E-state index contributed by atoms with van der Waals surface area (Å²) in [7, 11) is 1.45. The molecule has 6 nitrogen and oxygen atoms in total. The highest BCUT2D eigenvalue weighted by molar-refractivity contribution is 6.08. The average molecular weight is 224 g/mol. The lowest BCUT2D eigenvalue weighted by Gasteiger charge is -2.11. The van der Waals surface area contributed by atoms with Crippen molar-refractivity contribution in [3.63, 3.8) is 0 Å². The molecule has 0 radical (unpaired) electrons. The summed E-state index contributed by atoms with van der Waals surface area (Å²) >= 11 is 0. The van der Waals surface area contributed by atoms with Gasteiger partial charge in [-0.15, -0.1) is 0 Å². The Labute approximate surface area is 92.0 Å². The molecule has 1 unspecified atom stereocenters. The van der Waals surface area contributed by atoms with Gasteiger partial charge < -0.3 is 20.9 Å². The SMILES string of the molecule is COc1ccccc1NC(=O)C(N)C(=O)O. The van der Waals surface area contributed by atoms with Gasteiger partial charge in [-0.2, -0.15) is 0 Å². The molecule has 0 fully saturated rings. The number of benzene rings is 1.